The topological polar surface area (TPSA) is 69.7 Å². The molecule has 19 heavy (non-hydrogen) atoms. The fourth-order valence-corrected chi connectivity index (χ4v) is 2.20. The molecule has 0 saturated heterocycles. The molecule has 0 N–H and O–H groups in total. The highest BCUT2D eigenvalue weighted by Crippen LogP contribution is 2.27. The molecule has 0 aliphatic heterocycles. The number of benzene rings is 1. The Bertz CT molecular complexity index is 548. The van der Waals surface area contributed by atoms with Crippen molar-refractivity contribution in [1.29, 1.82) is 0 Å². The first-order chi connectivity index (χ1) is 8.85. The third-order valence-electron chi connectivity index (χ3n) is 2.60. The minimum absolute atomic E-state index is 0.0349. The highest BCUT2D eigenvalue weighted by Gasteiger charge is 2.11. The first-order valence-corrected chi connectivity index (χ1v) is 7.82. The molecular formula is C13H18O5S. The molecule has 0 amide bonds. The van der Waals surface area contributed by atoms with Gasteiger partial charge >= 0.3 is 0 Å². The Hall–Kier alpha value is -1.56. The average Bonchev–Trinajstić information content (AvgIpc) is 2.35. The number of sulfone groups is 1. The Balaban J connectivity index is 2.69. The van der Waals surface area contributed by atoms with E-state index in [4.69, 9.17) is 9.47 Å². The third-order valence-corrected chi connectivity index (χ3v) is 3.55. The van der Waals surface area contributed by atoms with Crippen molar-refractivity contribution < 1.29 is 22.7 Å². The molecule has 0 aliphatic rings. The molecular weight excluding hydrogens is 268 g/mol. The first-order valence-electron chi connectivity index (χ1n) is 5.76. The van der Waals surface area contributed by atoms with Gasteiger partial charge in [-0.3, -0.25) is 4.79 Å². The Morgan fingerprint density at radius 1 is 1.16 bits per heavy atom. The van der Waals surface area contributed by atoms with Crippen LogP contribution >= 0.6 is 0 Å². The van der Waals surface area contributed by atoms with Crippen LogP contribution in [0.25, 0.3) is 0 Å². The van der Waals surface area contributed by atoms with E-state index in [9.17, 15) is 13.2 Å². The van der Waals surface area contributed by atoms with E-state index in [0.29, 0.717) is 11.5 Å². The van der Waals surface area contributed by atoms with Crippen LogP contribution in [0.5, 0.6) is 11.5 Å². The largest absolute Gasteiger partial charge is 0.493 e. The van der Waals surface area contributed by atoms with E-state index in [1.165, 1.54) is 14.2 Å². The SMILES string of the molecule is COc1ccc(CC(=O)CCS(C)(=O)=O)cc1OC. The number of ether oxygens (including phenoxy) is 2. The molecule has 0 radical (unpaired) electrons. The summed E-state index contributed by atoms with van der Waals surface area (Å²) in [5.74, 6) is 0.919. The highest BCUT2D eigenvalue weighted by atomic mass is 32.2. The van der Waals surface area contributed by atoms with Gasteiger partial charge in [0.1, 0.15) is 15.6 Å². The molecule has 0 bridgehead atoms. The molecule has 0 saturated carbocycles. The van der Waals surface area contributed by atoms with Gasteiger partial charge in [-0.2, -0.15) is 0 Å². The Morgan fingerprint density at radius 3 is 2.32 bits per heavy atom. The summed E-state index contributed by atoms with van der Waals surface area (Å²) in [5.41, 5.74) is 0.774. The van der Waals surface area contributed by atoms with Crippen LogP contribution in [0, 0.1) is 0 Å². The predicted octanol–water partition coefficient (Wildman–Crippen LogP) is 1.25. The molecule has 0 fully saturated rings. The van der Waals surface area contributed by atoms with Crippen LogP contribution in [0.1, 0.15) is 12.0 Å². The summed E-state index contributed by atoms with van der Waals surface area (Å²) in [6.45, 7) is 0. The van der Waals surface area contributed by atoms with Crippen molar-refractivity contribution in [2.45, 2.75) is 12.8 Å². The summed E-state index contributed by atoms with van der Waals surface area (Å²) >= 11 is 0. The maximum atomic E-state index is 11.7. The zero-order valence-corrected chi connectivity index (χ0v) is 12.1. The van der Waals surface area contributed by atoms with E-state index in [1.807, 2.05) is 0 Å². The van der Waals surface area contributed by atoms with Crippen LogP contribution in [0.4, 0.5) is 0 Å². The second-order valence-corrected chi connectivity index (χ2v) is 6.54. The molecule has 1 aromatic carbocycles. The molecule has 0 unspecified atom stereocenters. The van der Waals surface area contributed by atoms with E-state index in [1.54, 1.807) is 18.2 Å². The molecule has 0 atom stereocenters. The van der Waals surface area contributed by atoms with Crippen molar-refractivity contribution in [3.05, 3.63) is 23.8 Å². The molecule has 106 valence electrons. The van der Waals surface area contributed by atoms with Gasteiger partial charge in [0.2, 0.25) is 0 Å². The van der Waals surface area contributed by atoms with Gasteiger partial charge in [-0.25, -0.2) is 8.42 Å². The lowest BCUT2D eigenvalue weighted by Gasteiger charge is -2.09. The molecule has 0 heterocycles. The summed E-state index contributed by atoms with van der Waals surface area (Å²) in [7, 11) is -0.0431. The van der Waals surface area contributed by atoms with Crippen molar-refractivity contribution in [1.82, 2.24) is 0 Å². The Labute approximate surface area is 113 Å². The van der Waals surface area contributed by atoms with Gasteiger partial charge < -0.3 is 9.47 Å². The summed E-state index contributed by atoms with van der Waals surface area (Å²) in [6, 6.07) is 5.20. The standard InChI is InChI=1S/C13H18O5S/c1-17-12-5-4-10(9-13(12)18-2)8-11(14)6-7-19(3,15)16/h4-5,9H,6-8H2,1-3H3. The number of carbonyl (C=O) groups excluding carboxylic acids is 1. The molecule has 1 rings (SSSR count). The number of ketones is 1. The van der Waals surface area contributed by atoms with Crippen molar-refractivity contribution in [2.24, 2.45) is 0 Å². The number of methoxy groups -OCH3 is 2. The Kier molecular flexibility index (Phi) is 5.35. The second kappa shape index (κ2) is 6.56. The molecule has 5 nitrogen and oxygen atoms in total. The molecule has 0 aromatic heterocycles. The van der Waals surface area contributed by atoms with E-state index >= 15 is 0 Å². The van der Waals surface area contributed by atoms with Crippen molar-refractivity contribution >= 4 is 15.6 Å². The van der Waals surface area contributed by atoms with E-state index in [2.05, 4.69) is 0 Å². The minimum Gasteiger partial charge on any atom is -0.493 e. The van der Waals surface area contributed by atoms with Crippen LogP contribution in [-0.4, -0.2) is 40.4 Å². The number of Topliss-reactive ketones (excluding diaryl/α,β-unsaturated/α-hetero) is 1. The van der Waals surface area contributed by atoms with Crippen LogP contribution < -0.4 is 9.47 Å². The molecule has 6 heteroatoms. The van der Waals surface area contributed by atoms with Gasteiger partial charge in [-0.15, -0.1) is 0 Å². The lowest BCUT2D eigenvalue weighted by molar-refractivity contribution is -0.118. The van der Waals surface area contributed by atoms with E-state index < -0.39 is 9.84 Å². The molecule has 1 aromatic rings. The quantitative estimate of drug-likeness (QED) is 0.754. The van der Waals surface area contributed by atoms with Crippen LogP contribution in [0.3, 0.4) is 0 Å². The summed E-state index contributed by atoms with van der Waals surface area (Å²) in [4.78, 5) is 11.7. The van der Waals surface area contributed by atoms with Gasteiger partial charge in [-0.05, 0) is 17.7 Å². The van der Waals surface area contributed by atoms with Crippen LogP contribution in [-0.2, 0) is 21.1 Å². The van der Waals surface area contributed by atoms with Crippen LogP contribution in [0.15, 0.2) is 18.2 Å². The van der Waals surface area contributed by atoms with Gasteiger partial charge in [0.25, 0.3) is 0 Å². The average molecular weight is 286 g/mol. The number of carbonyl (C=O) groups is 1. The lowest BCUT2D eigenvalue weighted by atomic mass is 10.1. The normalized spacial score (nSPS) is 11.1. The molecule has 0 spiro atoms. The first kappa shape index (κ1) is 15.5. The zero-order chi connectivity index (χ0) is 14.5. The second-order valence-electron chi connectivity index (χ2n) is 4.28. The smallest absolute Gasteiger partial charge is 0.161 e. The van der Waals surface area contributed by atoms with Gasteiger partial charge in [0, 0.05) is 19.1 Å². The number of hydrogen-bond acceptors (Lipinski definition) is 5. The van der Waals surface area contributed by atoms with Crippen molar-refractivity contribution in [2.75, 3.05) is 26.2 Å². The molecule has 0 aliphatic carbocycles. The monoisotopic (exact) mass is 286 g/mol. The maximum Gasteiger partial charge on any atom is 0.161 e. The summed E-state index contributed by atoms with van der Waals surface area (Å²) in [6.07, 6.45) is 1.35. The minimum atomic E-state index is -3.10. The van der Waals surface area contributed by atoms with Gasteiger partial charge in [-0.1, -0.05) is 6.07 Å². The Morgan fingerprint density at radius 2 is 1.79 bits per heavy atom. The van der Waals surface area contributed by atoms with E-state index in [-0.39, 0.29) is 24.4 Å². The lowest BCUT2D eigenvalue weighted by Crippen LogP contribution is -2.11. The fourth-order valence-electron chi connectivity index (χ4n) is 1.61. The fraction of sp³-hybridized carbons (Fsp3) is 0.462. The van der Waals surface area contributed by atoms with Gasteiger partial charge in [0.05, 0.1) is 20.0 Å². The van der Waals surface area contributed by atoms with Crippen molar-refractivity contribution in [3.8, 4) is 11.5 Å². The summed E-state index contributed by atoms with van der Waals surface area (Å²) < 4.78 is 32.2. The third kappa shape index (κ3) is 5.30. The zero-order valence-electron chi connectivity index (χ0n) is 11.3. The predicted molar refractivity (Wildman–Crippen MR) is 72.6 cm³/mol. The summed E-state index contributed by atoms with van der Waals surface area (Å²) in [5, 5.41) is 0. The number of hydrogen-bond donors (Lipinski definition) is 0. The van der Waals surface area contributed by atoms with Crippen LogP contribution in [0.2, 0.25) is 0 Å². The van der Waals surface area contributed by atoms with Gasteiger partial charge in [0.15, 0.2) is 11.5 Å². The highest BCUT2D eigenvalue weighted by molar-refractivity contribution is 7.90. The maximum absolute atomic E-state index is 11.7. The number of rotatable bonds is 7. The van der Waals surface area contributed by atoms with Crippen molar-refractivity contribution in [3.63, 3.8) is 0 Å². The van der Waals surface area contributed by atoms with E-state index in [0.717, 1.165) is 11.8 Å².